The molecule has 1 heterocycles. The van der Waals surface area contributed by atoms with Crippen molar-refractivity contribution in [1.82, 2.24) is 0 Å². The molecule has 0 spiro atoms. The lowest BCUT2D eigenvalue weighted by Crippen LogP contribution is -2.30. The maximum absolute atomic E-state index is 4.54. The van der Waals surface area contributed by atoms with E-state index in [0.29, 0.717) is 5.92 Å². The molecule has 0 saturated carbocycles. The van der Waals surface area contributed by atoms with Gasteiger partial charge in [-0.2, -0.15) is 0 Å². The number of para-hydroxylation sites is 1. The molecule has 1 aliphatic rings. The molecule has 1 aromatic rings. The Morgan fingerprint density at radius 2 is 1.89 bits per heavy atom. The molecule has 0 bridgehead atoms. The van der Waals surface area contributed by atoms with Crippen LogP contribution < -0.4 is 4.90 Å². The fourth-order valence-electron chi connectivity index (χ4n) is 2.38. The van der Waals surface area contributed by atoms with Crippen LogP contribution in [0.1, 0.15) is 38.7 Å². The molecule has 1 aromatic carbocycles. The van der Waals surface area contributed by atoms with E-state index in [1.54, 1.807) is 0 Å². The van der Waals surface area contributed by atoms with Crippen molar-refractivity contribution in [3.05, 3.63) is 29.8 Å². The second-order valence-corrected chi connectivity index (χ2v) is 5.49. The van der Waals surface area contributed by atoms with Crippen molar-refractivity contribution in [2.75, 3.05) is 24.5 Å². The second kappa shape index (κ2) is 6.58. The molecule has 1 saturated heterocycles. The van der Waals surface area contributed by atoms with Gasteiger partial charge in [0.25, 0.3) is 0 Å². The van der Waals surface area contributed by atoms with Crippen molar-refractivity contribution in [3.63, 3.8) is 0 Å². The van der Waals surface area contributed by atoms with Gasteiger partial charge >= 0.3 is 0 Å². The molecule has 0 aliphatic carbocycles. The lowest BCUT2D eigenvalue weighted by molar-refractivity contribution is 0.577. The monoisotopic (exact) mass is 244 g/mol. The third kappa shape index (κ3) is 3.59. The highest BCUT2D eigenvalue weighted by Crippen LogP contribution is 2.22. The van der Waals surface area contributed by atoms with Crippen molar-refractivity contribution in [2.45, 2.75) is 33.1 Å². The summed E-state index contributed by atoms with van der Waals surface area (Å²) in [5, 5.41) is 0. The number of nitrogens with zero attached hydrogens (tertiary/aromatic N) is 2. The van der Waals surface area contributed by atoms with Crippen LogP contribution in [0.4, 0.5) is 5.69 Å². The molecular weight excluding hydrogens is 220 g/mol. The molecule has 18 heavy (non-hydrogen) atoms. The number of benzene rings is 1. The predicted molar refractivity (Wildman–Crippen MR) is 79.8 cm³/mol. The number of aliphatic imine (C=N–C) groups is 1. The fraction of sp³-hybridized carbons (Fsp3) is 0.562. The normalized spacial score (nSPS) is 16.7. The Balaban J connectivity index is 2.11. The lowest BCUT2D eigenvalue weighted by atomic mass is 10.1. The smallest absolute Gasteiger partial charge is 0.0455 e. The standard InChI is InChI=1S/C16H24N2/c1-14(2)12-17-13-15-8-4-5-9-16(15)18-10-6-3-7-11-18/h4-5,8-9,13-14H,3,6-7,10-12H2,1-2H3. The number of hydrogen-bond donors (Lipinski definition) is 0. The minimum Gasteiger partial charge on any atom is -0.371 e. The van der Waals surface area contributed by atoms with Gasteiger partial charge in [0.05, 0.1) is 0 Å². The van der Waals surface area contributed by atoms with E-state index in [4.69, 9.17) is 0 Å². The van der Waals surface area contributed by atoms with E-state index in [1.807, 2.05) is 6.21 Å². The molecule has 1 fully saturated rings. The van der Waals surface area contributed by atoms with Crippen LogP contribution in [-0.4, -0.2) is 25.8 Å². The summed E-state index contributed by atoms with van der Waals surface area (Å²) in [5.74, 6) is 0.628. The summed E-state index contributed by atoms with van der Waals surface area (Å²) in [6, 6.07) is 8.63. The van der Waals surface area contributed by atoms with Crippen molar-refractivity contribution >= 4 is 11.9 Å². The van der Waals surface area contributed by atoms with Gasteiger partial charge in [-0.15, -0.1) is 0 Å². The zero-order valence-electron chi connectivity index (χ0n) is 11.6. The van der Waals surface area contributed by atoms with Crippen molar-refractivity contribution in [1.29, 1.82) is 0 Å². The van der Waals surface area contributed by atoms with Gasteiger partial charge in [0, 0.05) is 37.1 Å². The summed E-state index contributed by atoms with van der Waals surface area (Å²) in [4.78, 5) is 7.05. The molecule has 0 aromatic heterocycles. The number of hydrogen-bond acceptors (Lipinski definition) is 2. The number of rotatable bonds is 4. The largest absolute Gasteiger partial charge is 0.371 e. The lowest BCUT2D eigenvalue weighted by Gasteiger charge is -2.30. The predicted octanol–water partition coefficient (Wildman–Crippen LogP) is 3.75. The summed E-state index contributed by atoms with van der Waals surface area (Å²) in [6.45, 7) is 7.69. The van der Waals surface area contributed by atoms with Crippen LogP contribution in [0.15, 0.2) is 29.3 Å². The Bertz CT molecular complexity index is 390. The first-order valence-electron chi connectivity index (χ1n) is 7.11. The van der Waals surface area contributed by atoms with Gasteiger partial charge in [-0.05, 0) is 31.2 Å². The van der Waals surface area contributed by atoms with Crippen LogP contribution >= 0.6 is 0 Å². The number of piperidine rings is 1. The van der Waals surface area contributed by atoms with Gasteiger partial charge in [0.15, 0.2) is 0 Å². The first kappa shape index (κ1) is 13.1. The molecule has 1 aliphatic heterocycles. The van der Waals surface area contributed by atoms with Crippen molar-refractivity contribution in [2.24, 2.45) is 10.9 Å². The Morgan fingerprint density at radius 1 is 1.17 bits per heavy atom. The van der Waals surface area contributed by atoms with Gasteiger partial charge in [-0.25, -0.2) is 0 Å². The van der Waals surface area contributed by atoms with Crippen LogP contribution in [-0.2, 0) is 0 Å². The van der Waals surface area contributed by atoms with Crippen LogP contribution in [0.3, 0.4) is 0 Å². The number of anilines is 1. The minimum atomic E-state index is 0.628. The van der Waals surface area contributed by atoms with Crippen molar-refractivity contribution in [3.8, 4) is 0 Å². The Hall–Kier alpha value is -1.31. The van der Waals surface area contributed by atoms with Crippen LogP contribution in [0.25, 0.3) is 0 Å². The quantitative estimate of drug-likeness (QED) is 0.736. The summed E-state index contributed by atoms with van der Waals surface area (Å²) >= 11 is 0. The van der Waals surface area contributed by atoms with Crippen LogP contribution in [0.2, 0.25) is 0 Å². The summed E-state index contributed by atoms with van der Waals surface area (Å²) < 4.78 is 0. The van der Waals surface area contributed by atoms with E-state index in [9.17, 15) is 0 Å². The summed E-state index contributed by atoms with van der Waals surface area (Å²) in [7, 11) is 0. The average Bonchev–Trinajstić information content (AvgIpc) is 2.40. The molecule has 98 valence electrons. The van der Waals surface area contributed by atoms with Gasteiger partial charge in [-0.3, -0.25) is 4.99 Å². The van der Waals surface area contributed by atoms with E-state index < -0.39 is 0 Å². The summed E-state index contributed by atoms with van der Waals surface area (Å²) in [6.07, 6.45) is 6.05. The molecule has 0 radical (unpaired) electrons. The molecule has 0 amide bonds. The molecule has 0 N–H and O–H groups in total. The molecular formula is C16H24N2. The summed E-state index contributed by atoms with van der Waals surface area (Å²) in [5.41, 5.74) is 2.62. The first-order valence-corrected chi connectivity index (χ1v) is 7.11. The molecule has 0 unspecified atom stereocenters. The zero-order chi connectivity index (χ0) is 12.8. The van der Waals surface area contributed by atoms with Gasteiger partial charge in [0.1, 0.15) is 0 Å². The molecule has 0 atom stereocenters. The SMILES string of the molecule is CC(C)CN=Cc1ccccc1N1CCCCC1. The third-order valence-corrected chi connectivity index (χ3v) is 3.33. The van der Waals surface area contributed by atoms with Crippen molar-refractivity contribution < 1.29 is 0 Å². The highest BCUT2D eigenvalue weighted by molar-refractivity contribution is 5.88. The highest BCUT2D eigenvalue weighted by Gasteiger charge is 2.12. The van der Waals surface area contributed by atoms with Gasteiger partial charge < -0.3 is 4.90 Å². The Labute approximate surface area is 111 Å². The highest BCUT2D eigenvalue weighted by atomic mass is 15.1. The average molecular weight is 244 g/mol. The Morgan fingerprint density at radius 3 is 2.61 bits per heavy atom. The molecule has 2 nitrogen and oxygen atoms in total. The topological polar surface area (TPSA) is 15.6 Å². The molecule has 2 rings (SSSR count). The zero-order valence-corrected chi connectivity index (χ0v) is 11.6. The maximum atomic E-state index is 4.54. The molecule has 2 heteroatoms. The van der Waals surface area contributed by atoms with E-state index in [0.717, 1.165) is 6.54 Å². The van der Waals surface area contributed by atoms with Crippen LogP contribution in [0, 0.1) is 5.92 Å². The second-order valence-electron chi connectivity index (χ2n) is 5.49. The maximum Gasteiger partial charge on any atom is 0.0455 e. The van der Waals surface area contributed by atoms with Crippen LogP contribution in [0.5, 0.6) is 0 Å². The van der Waals surface area contributed by atoms with Gasteiger partial charge in [0.2, 0.25) is 0 Å². The Kier molecular flexibility index (Phi) is 4.80. The van der Waals surface area contributed by atoms with E-state index in [1.165, 1.54) is 43.6 Å². The fourth-order valence-corrected chi connectivity index (χ4v) is 2.38. The third-order valence-electron chi connectivity index (χ3n) is 3.33. The first-order chi connectivity index (χ1) is 8.77. The van der Waals surface area contributed by atoms with E-state index >= 15 is 0 Å². The van der Waals surface area contributed by atoms with E-state index in [2.05, 4.69) is 48.0 Å². The van der Waals surface area contributed by atoms with Gasteiger partial charge in [-0.1, -0.05) is 32.0 Å². The van der Waals surface area contributed by atoms with E-state index in [-0.39, 0.29) is 0 Å². The minimum absolute atomic E-state index is 0.628.